The SMILES string of the molecule is O=C(O)c1ccccc1OCCN1CCCC(c2ccn[nH]2)C1. The summed E-state index contributed by atoms with van der Waals surface area (Å²) < 4.78 is 5.68. The lowest BCUT2D eigenvalue weighted by Gasteiger charge is -2.32. The Morgan fingerprint density at radius 1 is 1.39 bits per heavy atom. The van der Waals surface area contributed by atoms with Crippen LogP contribution < -0.4 is 4.74 Å². The fourth-order valence-corrected chi connectivity index (χ4v) is 3.06. The van der Waals surface area contributed by atoms with E-state index in [9.17, 15) is 4.79 Å². The number of benzene rings is 1. The Balaban J connectivity index is 1.52. The van der Waals surface area contributed by atoms with Gasteiger partial charge in [0.05, 0.1) is 0 Å². The van der Waals surface area contributed by atoms with E-state index >= 15 is 0 Å². The number of likely N-dealkylation sites (tertiary alicyclic amines) is 1. The van der Waals surface area contributed by atoms with Crippen LogP contribution in [0, 0.1) is 0 Å². The van der Waals surface area contributed by atoms with E-state index in [1.807, 2.05) is 6.07 Å². The monoisotopic (exact) mass is 315 g/mol. The third-order valence-corrected chi connectivity index (χ3v) is 4.25. The highest BCUT2D eigenvalue weighted by Crippen LogP contribution is 2.25. The van der Waals surface area contributed by atoms with Crippen molar-refractivity contribution >= 4 is 5.97 Å². The smallest absolute Gasteiger partial charge is 0.339 e. The third-order valence-electron chi connectivity index (χ3n) is 4.25. The van der Waals surface area contributed by atoms with Gasteiger partial charge in [-0.2, -0.15) is 5.10 Å². The van der Waals surface area contributed by atoms with Crippen LogP contribution in [-0.4, -0.2) is 52.4 Å². The molecule has 0 aliphatic carbocycles. The van der Waals surface area contributed by atoms with E-state index in [1.165, 1.54) is 12.1 Å². The average molecular weight is 315 g/mol. The maximum absolute atomic E-state index is 11.2. The maximum Gasteiger partial charge on any atom is 0.339 e. The number of H-pyrrole nitrogens is 1. The molecule has 6 nitrogen and oxygen atoms in total. The largest absolute Gasteiger partial charge is 0.491 e. The summed E-state index contributed by atoms with van der Waals surface area (Å²) >= 11 is 0. The quantitative estimate of drug-likeness (QED) is 0.855. The van der Waals surface area contributed by atoms with Gasteiger partial charge < -0.3 is 9.84 Å². The van der Waals surface area contributed by atoms with E-state index in [0.29, 0.717) is 18.3 Å². The number of carboxylic acids is 1. The first kappa shape index (κ1) is 15.6. The molecular formula is C17H21N3O3. The van der Waals surface area contributed by atoms with E-state index in [0.717, 1.165) is 26.1 Å². The number of rotatable bonds is 6. The van der Waals surface area contributed by atoms with Crippen molar-refractivity contribution < 1.29 is 14.6 Å². The van der Waals surface area contributed by atoms with Crippen LogP contribution in [0.1, 0.15) is 34.8 Å². The topological polar surface area (TPSA) is 78.5 Å². The summed E-state index contributed by atoms with van der Waals surface area (Å²) in [5.74, 6) is -0.0439. The summed E-state index contributed by atoms with van der Waals surface area (Å²) in [4.78, 5) is 13.5. The van der Waals surface area contributed by atoms with E-state index in [1.54, 1.807) is 30.5 Å². The summed E-state index contributed by atoms with van der Waals surface area (Å²) in [6.45, 7) is 3.30. The molecule has 3 rings (SSSR count). The lowest BCUT2D eigenvalue weighted by molar-refractivity contribution is 0.0691. The van der Waals surface area contributed by atoms with Gasteiger partial charge in [0.15, 0.2) is 0 Å². The van der Waals surface area contributed by atoms with Gasteiger partial charge in [-0.05, 0) is 37.6 Å². The number of nitrogens with zero attached hydrogens (tertiary/aromatic N) is 2. The maximum atomic E-state index is 11.2. The van der Waals surface area contributed by atoms with Gasteiger partial charge in [0.25, 0.3) is 0 Å². The van der Waals surface area contributed by atoms with Crippen LogP contribution in [0.15, 0.2) is 36.5 Å². The minimum atomic E-state index is -0.960. The highest BCUT2D eigenvalue weighted by atomic mass is 16.5. The summed E-state index contributed by atoms with van der Waals surface area (Å²) in [6.07, 6.45) is 4.11. The molecule has 0 saturated carbocycles. The van der Waals surface area contributed by atoms with Crippen molar-refractivity contribution in [1.82, 2.24) is 15.1 Å². The Morgan fingerprint density at radius 2 is 2.26 bits per heavy atom. The fraction of sp³-hybridized carbons (Fsp3) is 0.412. The Bertz CT molecular complexity index is 642. The van der Waals surface area contributed by atoms with Crippen molar-refractivity contribution in [3.63, 3.8) is 0 Å². The molecule has 1 aliphatic heterocycles. The molecule has 2 N–H and O–H groups in total. The third kappa shape index (κ3) is 3.90. The average Bonchev–Trinajstić information content (AvgIpc) is 3.10. The Labute approximate surface area is 135 Å². The molecule has 1 atom stereocenters. The molecule has 2 aromatic rings. The van der Waals surface area contributed by atoms with Gasteiger partial charge in [0.1, 0.15) is 17.9 Å². The number of hydrogen-bond acceptors (Lipinski definition) is 4. The van der Waals surface area contributed by atoms with Gasteiger partial charge in [0, 0.05) is 30.9 Å². The second kappa shape index (κ2) is 7.28. The van der Waals surface area contributed by atoms with Crippen molar-refractivity contribution in [2.75, 3.05) is 26.2 Å². The Morgan fingerprint density at radius 3 is 3.04 bits per heavy atom. The molecule has 2 heterocycles. The van der Waals surface area contributed by atoms with E-state index in [4.69, 9.17) is 9.84 Å². The first-order valence-corrected chi connectivity index (χ1v) is 7.91. The normalized spacial score (nSPS) is 18.7. The van der Waals surface area contributed by atoms with Gasteiger partial charge in [-0.1, -0.05) is 12.1 Å². The van der Waals surface area contributed by atoms with Gasteiger partial charge in [0.2, 0.25) is 0 Å². The zero-order valence-corrected chi connectivity index (χ0v) is 12.9. The van der Waals surface area contributed by atoms with Crippen molar-refractivity contribution in [2.24, 2.45) is 0 Å². The lowest BCUT2D eigenvalue weighted by Crippen LogP contribution is -2.37. The number of carboxylic acid groups (broad SMARTS) is 1. The molecule has 1 unspecified atom stereocenters. The van der Waals surface area contributed by atoms with Crippen molar-refractivity contribution in [2.45, 2.75) is 18.8 Å². The molecule has 0 radical (unpaired) electrons. The predicted octanol–water partition coefficient (Wildman–Crippen LogP) is 2.37. The number of aromatic nitrogens is 2. The molecule has 1 fully saturated rings. The Kier molecular flexibility index (Phi) is 4.92. The van der Waals surface area contributed by atoms with E-state index < -0.39 is 5.97 Å². The summed E-state index contributed by atoms with van der Waals surface area (Å²) in [6, 6.07) is 8.79. The van der Waals surface area contributed by atoms with Crippen LogP contribution in [0.2, 0.25) is 0 Å². The predicted molar refractivity (Wildman–Crippen MR) is 85.9 cm³/mol. The molecule has 1 aromatic carbocycles. The van der Waals surface area contributed by atoms with E-state index in [2.05, 4.69) is 15.1 Å². The summed E-state index contributed by atoms with van der Waals surface area (Å²) in [5, 5.41) is 16.2. The summed E-state index contributed by atoms with van der Waals surface area (Å²) in [5.41, 5.74) is 1.40. The van der Waals surface area contributed by atoms with Crippen LogP contribution in [-0.2, 0) is 0 Å². The molecule has 23 heavy (non-hydrogen) atoms. The second-order valence-corrected chi connectivity index (χ2v) is 5.80. The van der Waals surface area contributed by atoms with Crippen molar-refractivity contribution in [1.29, 1.82) is 0 Å². The molecular weight excluding hydrogens is 294 g/mol. The van der Waals surface area contributed by atoms with Gasteiger partial charge in [-0.25, -0.2) is 4.79 Å². The van der Waals surface area contributed by atoms with Crippen molar-refractivity contribution in [3.8, 4) is 5.75 Å². The minimum absolute atomic E-state index is 0.210. The number of ether oxygens (including phenoxy) is 1. The lowest BCUT2D eigenvalue weighted by atomic mass is 9.95. The number of aromatic carboxylic acids is 1. The number of para-hydroxylation sites is 1. The molecule has 1 saturated heterocycles. The molecule has 0 amide bonds. The van der Waals surface area contributed by atoms with Gasteiger partial charge in [-0.15, -0.1) is 0 Å². The van der Waals surface area contributed by atoms with Gasteiger partial charge >= 0.3 is 5.97 Å². The van der Waals surface area contributed by atoms with Crippen molar-refractivity contribution in [3.05, 3.63) is 47.8 Å². The molecule has 1 aliphatic rings. The van der Waals surface area contributed by atoms with Crippen LogP contribution in [0.4, 0.5) is 0 Å². The highest BCUT2D eigenvalue weighted by Gasteiger charge is 2.22. The van der Waals surface area contributed by atoms with E-state index in [-0.39, 0.29) is 5.56 Å². The standard InChI is InChI=1S/C17H21N3O3/c21-17(22)14-5-1-2-6-16(14)23-11-10-20-9-3-4-13(12-20)15-7-8-18-19-15/h1-2,5-8,13H,3-4,9-12H2,(H,18,19)(H,21,22). The molecule has 122 valence electrons. The highest BCUT2D eigenvalue weighted by molar-refractivity contribution is 5.90. The number of nitrogens with one attached hydrogen (secondary N) is 1. The molecule has 0 spiro atoms. The zero-order chi connectivity index (χ0) is 16.1. The number of hydrogen-bond donors (Lipinski definition) is 2. The summed E-state index contributed by atoms with van der Waals surface area (Å²) in [7, 11) is 0. The molecule has 0 bridgehead atoms. The van der Waals surface area contributed by atoms with Crippen LogP contribution in [0.5, 0.6) is 5.75 Å². The number of carbonyl (C=O) groups is 1. The number of aromatic amines is 1. The number of piperidine rings is 1. The molecule has 6 heteroatoms. The zero-order valence-electron chi connectivity index (χ0n) is 12.9. The van der Waals surface area contributed by atoms with Crippen LogP contribution in [0.25, 0.3) is 0 Å². The van der Waals surface area contributed by atoms with Gasteiger partial charge in [-0.3, -0.25) is 10.00 Å². The fourth-order valence-electron chi connectivity index (χ4n) is 3.06. The Hall–Kier alpha value is -2.34. The second-order valence-electron chi connectivity index (χ2n) is 5.80. The molecule has 1 aromatic heterocycles. The first-order valence-electron chi connectivity index (χ1n) is 7.91. The van der Waals surface area contributed by atoms with Crippen LogP contribution in [0.3, 0.4) is 0 Å². The first-order chi connectivity index (χ1) is 11.2. The van der Waals surface area contributed by atoms with Crippen LogP contribution >= 0.6 is 0 Å². The minimum Gasteiger partial charge on any atom is -0.491 e.